The Morgan fingerprint density at radius 2 is 1.82 bits per heavy atom. The molecular weight excluding hydrogens is 477 g/mol. The van der Waals surface area contributed by atoms with Gasteiger partial charge in [0.15, 0.2) is 9.84 Å². The molecule has 0 unspecified atom stereocenters. The van der Waals surface area contributed by atoms with Crippen molar-refractivity contribution in [3.63, 3.8) is 0 Å². The molecule has 0 saturated heterocycles. The first-order valence-electron chi connectivity index (χ1n) is 11.0. The predicted octanol–water partition coefficient (Wildman–Crippen LogP) is 6.76. The van der Waals surface area contributed by atoms with Crippen LogP contribution in [0.3, 0.4) is 0 Å². The first kappa shape index (κ1) is 31.7. The molecule has 1 aromatic heterocycles. The zero-order valence-electron chi connectivity index (χ0n) is 21.1. The average molecular weight is 514 g/mol. The fourth-order valence-corrected chi connectivity index (χ4v) is 4.26. The zero-order chi connectivity index (χ0) is 26.5. The fourth-order valence-electron chi connectivity index (χ4n) is 2.68. The number of sulfone groups is 1. The van der Waals surface area contributed by atoms with Crippen molar-refractivity contribution in [2.45, 2.75) is 58.0 Å². The SMILES string of the molecule is C=C(Nc1ccc(F)c(CS(=O)(=O)C(C)(C)C(=N)CCC)c1)c1ccc(Cl)cn1.CC.COC. The largest absolute Gasteiger partial charge is 0.388 e. The van der Waals surface area contributed by atoms with Gasteiger partial charge in [0.1, 0.15) is 10.6 Å². The van der Waals surface area contributed by atoms with Crippen LogP contribution in [0.5, 0.6) is 0 Å². The Bertz CT molecular complexity index is 1040. The third kappa shape index (κ3) is 9.16. The highest BCUT2D eigenvalue weighted by molar-refractivity contribution is 7.92. The van der Waals surface area contributed by atoms with E-state index in [-0.39, 0.29) is 11.3 Å². The lowest BCUT2D eigenvalue weighted by atomic mass is 10.0. The first-order chi connectivity index (χ1) is 15.9. The van der Waals surface area contributed by atoms with Crippen molar-refractivity contribution < 1.29 is 17.5 Å². The Labute approximate surface area is 209 Å². The van der Waals surface area contributed by atoms with Crippen molar-refractivity contribution in [3.8, 4) is 0 Å². The minimum Gasteiger partial charge on any atom is -0.388 e. The molecule has 0 bridgehead atoms. The summed E-state index contributed by atoms with van der Waals surface area (Å²) in [5.41, 5.74) is 1.66. The molecular formula is C25H37ClFN3O3S. The van der Waals surface area contributed by atoms with E-state index in [1.807, 2.05) is 20.8 Å². The van der Waals surface area contributed by atoms with E-state index in [1.165, 1.54) is 38.2 Å². The molecule has 0 atom stereocenters. The second-order valence-electron chi connectivity index (χ2n) is 7.68. The van der Waals surface area contributed by atoms with Gasteiger partial charge in [-0.1, -0.05) is 45.4 Å². The highest BCUT2D eigenvalue weighted by Gasteiger charge is 2.38. The Balaban J connectivity index is 0.00000201. The van der Waals surface area contributed by atoms with Crippen LogP contribution in [-0.4, -0.2) is 38.1 Å². The molecule has 6 nitrogen and oxygen atoms in total. The lowest BCUT2D eigenvalue weighted by Gasteiger charge is -2.26. The number of nitrogens with one attached hydrogen (secondary N) is 2. The topological polar surface area (TPSA) is 92.1 Å². The molecule has 1 aromatic carbocycles. The maximum atomic E-state index is 14.3. The van der Waals surface area contributed by atoms with E-state index in [9.17, 15) is 12.8 Å². The van der Waals surface area contributed by atoms with Gasteiger partial charge in [0.2, 0.25) is 0 Å². The smallest absolute Gasteiger partial charge is 0.165 e. The van der Waals surface area contributed by atoms with Crippen LogP contribution in [0.2, 0.25) is 5.02 Å². The van der Waals surface area contributed by atoms with Crippen LogP contribution in [0.1, 0.15) is 58.7 Å². The quantitative estimate of drug-likeness (QED) is 0.361. The van der Waals surface area contributed by atoms with Gasteiger partial charge in [-0.3, -0.25) is 4.98 Å². The van der Waals surface area contributed by atoms with Crippen molar-refractivity contribution >= 4 is 38.5 Å². The second kappa shape index (κ2) is 14.9. The minimum atomic E-state index is -3.80. The molecule has 2 rings (SSSR count). The summed E-state index contributed by atoms with van der Waals surface area (Å²) in [6.45, 7) is 12.8. The molecule has 9 heteroatoms. The summed E-state index contributed by atoms with van der Waals surface area (Å²) in [7, 11) is -0.551. The summed E-state index contributed by atoms with van der Waals surface area (Å²) in [5, 5.41) is 11.6. The molecule has 2 N–H and O–H groups in total. The number of nitrogens with zero attached hydrogens (tertiary/aromatic N) is 1. The van der Waals surface area contributed by atoms with Gasteiger partial charge in [-0.15, -0.1) is 0 Å². The van der Waals surface area contributed by atoms with Crippen LogP contribution in [0.4, 0.5) is 10.1 Å². The van der Waals surface area contributed by atoms with E-state index in [1.54, 1.807) is 26.4 Å². The van der Waals surface area contributed by atoms with Gasteiger partial charge in [-0.2, -0.15) is 0 Å². The zero-order valence-corrected chi connectivity index (χ0v) is 22.7. The van der Waals surface area contributed by atoms with Crippen molar-refractivity contribution in [1.29, 1.82) is 5.41 Å². The van der Waals surface area contributed by atoms with Gasteiger partial charge in [0.25, 0.3) is 0 Å². The van der Waals surface area contributed by atoms with Crippen LogP contribution in [0.25, 0.3) is 5.70 Å². The summed E-state index contributed by atoms with van der Waals surface area (Å²) in [6.07, 6.45) is 2.54. The van der Waals surface area contributed by atoms with E-state index in [0.29, 0.717) is 34.9 Å². The lowest BCUT2D eigenvalue weighted by molar-refractivity contribution is 0.277. The normalized spacial score (nSPS) is 10.9. The average Bonchev–Trinajstić information content (AvgIpc) is 2.78. The minimum absolute atomic E-state index is 0.0317. The monoisotopic (exact) mass is 513 g/mol. The number of hydrogen-bond donors (Lipinski definition) is 2. The molecule has 2 aromatic rings. The molecule has 0 spiro atoms. The van der Waals surface area contributed by atoms with Gasteiger partial charge in [0.05, 0.1) is 22.2 Å². The number of aromatic nitrogens is 1. The van der Waals surface area contributed by atoms with Crippen molar-refractivity contribution in [1.82, 2.24) is 4.98 Å². The summed E-state index contributed by atoms with van der Waals surface area (Å²) in [5.74, 6) is -1.12. The Morgan fingerprint density at radius 3 is 2.32 bits per heavy atom. The van der Waals surface area contributed by atoms with E-state index < -0.39 is 26.2 Å². The van der Waals surface area contributed by atoms with Crippen LogP contribution in [0, 0.1) is 11.2 Å². The predicted molar refractivity (Wildman–Crippen MR) is 142 cm³/mol. The van der Waals surface area contributed by atoms with Gasteiger partial charge in [-0.25, -0.2) is 12.8 Å². The Morgan fingerprint density at radius 1 is 1.24 bits per heavy atom. The molecule has 0 radical (unpaired) electrons. The van der Waals surface area contributed by atoms with Crippen LogP contribution in [-0.2, 0) is 20.3 Å². The number of anilines is 1. The molecule has 34 heavy (non-hydrogen) atoms. The number of hydrogen-bond acceptors (Lipinski definition) is 6. The highest BCUT2D eigenvalue weighted by Crippen LogP contribution is 2.27. The Hall–Kier alpha value is -2.29. The molecule has 0 aliphatic heterocycles. The number of pyridine rings is 1. The maximum Gasteiger partial charge on any atom is 0.165 e. The third-order valence-corrected chi connectivity index (χ3v) is 7.44. The standard InChI is InChI=1S/C21H25ClFN3O2S.C2H6O.C2H6/c1-5-6-20(24)21(3,4)29(27,28)13-15-11-17(8-9-18(15)23)26-14(2)19-10-7-16(22)12-25-19;1-3-2;1-2/h7-12,24,26H,2,5-6,13H2,1,3-4H3;1-2H3;1-2H3. The van der Waals surface area contributed by atoms with Crippen molar-refractivity contribution in [2.75, 3.05) is 19.5 Å². The summed E-state index contributed by atoms with van der Waals surface area (Å²) in [6, 6.07) is 7.51. The van der Waals surface area contributed by atoms with E-state index >= 15 is 0 Å². The van der Waals surface area contributed by atoms with Gasteiger partial charge >= 0.3 is 0 Å². The van der Waals surface area contributed by atoms with Gasteiger partial charge in [-0.05, 0) is 50.6 Å². The van der Waals surface area contributed by atoms with Gasteiger partial charge in [0, 0.05) is 37.4 Å². The number of ether oxygens (including phenoxy) is 1. The summed E-state index contributed by atoms with van der Waals surface area (Å²) in [4.78, 5) is 4.16. The summed E-state index contributed by atoms with van der Waals surface area (Å²) < 4.78 is 43.0. The molecule has 0 saturated carbocycles. The third-order valence-electron chi connectivity index (χ3n) is 4.73. The molecule has 1 heterocycles. The fraction of sp³-hybridized carbons (Fsp3) is 0.440. The van der Waals surface area contributed by atoms with Crippen LogP contribution < -0.4 is 5.32 Å². The molecule has 190 valence electrons. The summed E-state index contributed by atoms with van der Waals surface area (Å²) >= 11 is 5.83. The van der Waals surface area contributed by atoms with Crippen molar-refractivity contribution in [2.24, 2.45) is 0 Å². The molecule has 0 aliphatic rings. The van der Waals surface area contributed by atoms with E-state index in [4.69, 9.17) is 17.0 Å². The van der Waals surface area contributed by atoms with Crippen molar-refractivity contribution in [3.05, 3.63) is 65.2 Å². The number of halogens is 2. The first-order valence-corrected chi connectivity index (χ1v) is 13.0. The van der Waals surface area contributed by atoms with Crippen LogP contribution in [0.15, 0.2) is 43.1 Å². The maximum absolute atomic E-state index is 14.3. The Kier molecular flexibility index (Phi) is 13.9. The molecule has 0 aliphatic carbocycles. The second-order valence-corrected chi connectivity index (χ2v) is 10.7. The number of benzene rings is 1. The lowest BCUT2D eigenvalue weighted by Crippen LogP contribution is -2.41. The molecule has 0 fully saturated rings. The number of rotatable bonds is 9. The highest BCUT2D eigenvalue weighted by atomic mass is 35.5. The van der Waals surface area contributed by atoms with E-state index in [2.05, 4.69) is 21.6 Å². The molecule has 0 amide bonds. The van der Waals surface area contributed by atoms with E-state index in [0.717, 1.165) is 0 Å². The van der Waals surface area contributed by atoms with Crippen LogP contribution >= 0.6 is 11.6 Å². The number of methoxy groups -OCH3 is 1. The van der Waals surface area contributed by atoms with Gasteiger partial charge < -0.3 is 15.5 Å².